The van der Waals surface area contributed by atoms with Crippen LogP contribution in [0.5, 0.6) is 0 Å². The Labute approximate surface area is 119 Å². The number of rotatable bonds is 7. The minimum absolute atomic E-state index is 0.138. The summed E-state index contributed by atoms with van der Waals surface area (Å²) in [6.07, 6.45) is 4.51. The number of urea groups is 1. The summed E-state index contributed by atoms with van der Waals surface area (Å²) in [6.45, 7) is 1.97. The van der Waals surface area contributed by atoms with Crippen LogP contribution in [0.1, 0.15) is 39.0 Å². The van der Waals surface area contributed by atoms with Crippen molar-refractivity contribution in [2.24, 2.45) is 0 Å². The molecule has 0 bridgehead atoms. The lowest BCUT2D eigenvalue weighted by Crippen LogP contribution is -2.58. The lowest BCUT2D eigenvalue weighted by Gasteiger charge is -2.42. The molecule has 0 aromatic rings. The van der Waals surface area contributed by atoms with Crippen molar-refractivity contribution < 1.29 is 23.1 Å². The van der Waals surface area contributed by atoms with Gasteiger partial charge in [-0.2, -0.15) is 0 Å². The maximum absolute atomic E-state index is 11.8. The van der Waals surface area contributed by atoms with Crippen molar-refractivity contribution >= 4 is 21.8 Å². The van der Waals surface area contributed by atoms with E-state index in [1.165, 1.54) is 0 Å². The number of aliphatic carboxylic acids is 1. The van der Waals surface area contributed by atoms with Gasteiger partial charge >= 0.3 is 12.0 Å². The highest BCUT2D eigenvalue weighted by atomic mass is 32.2. The molecule has 20 heavy (non-hydrogen) atoms. The van der Waals surface area contributed by atoms with Gasteiger partial charge in [0.15, 0.2) is 0 Å². The zero-order valence-electron chi connectivity index (χ0n) is 11.8. The predicted molar refractivity (Wildman–Crippen MR) is 74.3 cm³/mol. The van der Waals surface area contributed by atoms with E-state index < -0.39 is 27.9 Å². The quantitative estimate of drug-likeness (QED) is 0.634. The molecular weight excluding hydrogens is 284 g/mol. The van der Waals surface area contributed by atoms with E-state index in [0.717, 1.165) is 31.9 Å². The van der Waals surface area contributed by atoms with Crippen molar-refractivity contribution in [2.75, 3.05) is 12.0 Å². The van der Waals surface area contributed by atoms with Gasteiger partial charge in [0, 0.05) is 11.8 Å². The molecule has 0 saturated heterocycles. The van der Waals surface area contributed by atoms with Gasteiger partial charge in [-0.1, -0.05) is 6.92 Å². The van der Waals surface area contributed by atoms with Crippen LogP contribution in [-0.2, 0) is 14.6 Å². The number of sulfone groups is 1. The Hall–Kier alpha value is -1.31. The second-order valence-corrected chi connectivity index (χ2v) is 7.66. The summed E-state index contributed by atoms with van der Waals surface area (Å²) in [6, 6.07) is -1.74. The molecule has 3 N–H and O–H groups in total. The van der Waals surface area contributed by atoms with Gasteiger partial charge in [-0.3, -0.25) is 0 Å². The van der Waals surface area contributed by atoms with Crippen molar-refractivity contribution in [1.29, 1.82) is 0 Å². The number of hydrogen-bond donors (Lipinski definition) is 3. The first kappa shape index (κ1) is 16.7. The van der Waals surface area contributed by atoms with Crippen molar-refractivity contribution in [3.8, 4) is 0 Å². The van der Waals surface area contributed by atoms with Crippen LogP contribution in [0.4, 0.5) is 4.79 Å². The molecule has 1 atom stereocenters. The van der Waals surface area contributed by atoms with Gasteiger partial charge in [-0.25, -0.2) is 18.0 Å². The predicted octanol–water partition coefficient (Wildman–Crippen LogP) is 0.506. The Morgan fingerprint density at radius 1 is 1.35 bits per heavy atom. The molecule has 0 heterocycles. The molecular formula is C12H22N2O5S. The van der Waals surface area contributed by atoms with Gasteiger partial charge in [0.1, 0.15) is 15.9 Å². The molecule has 2 amide bonds. The fourth-order valence-corrected chi connectivity index (χ4v) is 2.86. The number of carbonyl (C=O) groups excluding carboxylic acids is 1. The topological polar surface area (TPSA) is 113 Å². The standard InChI is InChI=1S/C12H22N2O5S/c1-3-12(6-4-7-12)14-11(17)13-9(10(15)16)5-8-20(2,18)19/h9H,3-8H2,1-2H3,(H,15,16)(H2,13,14,17). The second kappa shape index (κ2) is 6.43. The van der Waals surface area contributed by atoms with E-state index in [-0.39, 0.29) is 17.7 Å². The van der Waals surface area contributed by atoms with E-state index in [1.807, 2.05) is 6.92 Å². The first-order valence-electron chi connectivity index (χ1n) is 6.67. The summed E-state index contributed by atoms with van der Waals surface area (Å²) in [5.41, 5.74) is -0.232. The fourth-order valence-electron chi connectivity index (χ4n) is 2.19. The molecule has 1 saturated carbocycles. The summed E-state index contributed by atoms with van der Waals surface area (Å²) in [5, 5.41) is 14.1. The number of carbonyl (C=O) groups is 2. The van der Waals surface area contributed by atoms with Crippen molar-refractivity contribution in [1.82, 2.24) is 10.6 Å². The maximum atomic E-state index is 11.8. The molecule has 116 valence electrons. The molecule has 1 rings (SSSR count). The fraction of sp³-hybridized carbons (Fsp3) is 0.833. The Morgan fingerprint density at radius 2 is 1.95 bits per heavy atom. The number of hydrogen-bond acceptors (Lipinski definition) is 4. The van der Waals surface area contributed by atoms with E-state index in [9.17, 15) is 18.0 Å². The van der Waals surface area contributed by atoms with Gasteiger partial charge in [0.05, 0.1) is 5.75 Å². The van der Waals surface area contributed by atoms with Crippen LogP contribution in [0.25, 0.3) is 0 Å². The summed E-state index contributed by atoms with van der Waals surface area (Å²) < 4.78 is 22.1. The zero-order valence-corrected chi connectivity index (χ0v) is 12.6. The summed E-state index contributed by atoms with van der Waals surface area (Å²) in [5.74, 6) is -1.51. The van der Waals surface area contributed by atoms with Gasteiger partial charge in [0.25, 0.3) is 0 Å². The van der Waals surface area contributed by atoms with Gasteiger partial charge in [0.2, 0.25) is 0 Å². The SMILES string of the molecule is CCC1(NC(=O)NC(CCS(C)(=O)=O)C(=O)O)CCC1. The molecule has 1 aliphatic carbocycles. The lowest BCUT2D eigenvalue weighted by molar-refractivity contribution is -0.139. The number of carboxylic acid groups (broad SMARTS) is 1. The van der Waals surface area contributed by atoms with Crippen LogP contribution < -0.4 is 10.6 Å². The molecule has 0 radical (unpaired) electrons. The van der Waals surface area contributed by atoms with E-state index in [4.69, 9.17) is 5.11 Å². The van der Waals surface area contributed by atoms with E-state index in [0.29, 0.717) is 0 Å². The number of amides is 2. The van der Waals surface area contributed by atoms with E-state index >= 15 is 0 Å². The third-order valence-corrected chi connectivity index (χ3v) is 4.72. The lowest BCUT2D eigenvalue weighted by atomic mass is 9.75. The molecule has 0 aromatic heterocycles. The molecule has 0 spiro atoms. The van der Waals surface area contributed by atoms with Crippen LogP contribution in [0.2, 0.25) is 0 Å². The van der Waals surface area contributed by atoms with Crippen LogP contribution in [0.3, 0.4) is 0 Å². The summed E-state index contributed by atoms with van der Waals surface area (Å²) in [4.78, 5) is 22.8. The monoisotopic (exact) mass is 306 g/mol. The maximum Gasteiger partial charge on any atom is 0.326 e. The van der Waals surface area contributed by atoms with Crippen molar-refractivity contribution in [2.45, 2.75) is 50.6 Å². The zero-order chi connectivity index (χ0) is 15.4. The Kier molecular flexibility index (Phi) is 5.38. The Morgan fingerprint density at radius 3 is 2.30 bits per heavy atom. The first-order valence-corrected chi connectivity index (χ1v) is 8.73. The minimum atomic E-state index is -3.26. The molecule has 1 fully saturated rings. The molecule has 8 heteroatoms. The molecule has 7 nitrogen and oxygen atoms in total. The Bertz CT molecular complexity index is 465. The third-order valence-electron chi connectivity index (χ3n) is 3.75. The highest BCUT2D eigenvalue weighted by molar-refractivity contribution is 7.90. The minimum Gasteiger partial charge on any atom is -0.480 e. The van der Waals surface area contributed by atoms with Crippen molar-refractivity contribution in [3.63, 3.8) is 0 Å². The second-order valence-electron chi connectivity index (χ2n) is 5.40. The van der Waals surface area contributed by atoms with Crippen LogP contribution in [0.15, 0.2) is 0 Å². The number of nitrogens with one attached hydrogen (secondary N) is 2. The van der Waals surface area contributed by atoms with E-state index in [2.05, 4.69) is 10.6 Å². The van der Waals surface area contributed by atoms with Crippen LogP contribution in [-0.4, -0.2) is 49.1 Å². The molecule has 0 aliphatic heterocycles. The molecule has 1 unspecified atom stereocenters. The smallest absolute Gasteiger partial charge is 0.326 e. The number of carboxylic acids is 1. The van der Waals surface area contributed by atoms with Gasteiger partial charge in [-0.05, 0) is 32.1 Å². The first-order chi connectivity index (χ1) is 9.17. The Balaban J connectivity index is 2.53. The normalized spacial score (nSPS) is 18.7. The third kappa shape index (κ3) is 4.99. The van der Waals surface area contributed by atoms with Crippen molar-refractivity contribution in [3.05, 3.63) is 0 Å². The molecule has 1 aliphatic rings. The molecule has 0 aromatic carbocycles. The highest BCUT2D eigenvalue weighted by Gasteiger charge is 2.37. The van der Waals surface area contributed by atoms with E-state index in [1.54, 1.807) is 0 Å². The highest BCUT2D eigenvalue weighted by Crippen LogP contribution is 2.34. The average Bonchev–Trinajstić information content (AvgIpc) is 2.27. The average molecular weight is 306 g/mol. The largest absolute Gasteiger partial charge is 0.480 e. The summed E-state index contributed by atoms with van der Waals surface area (Å²) in [7, 11) is -3.26. The van der Waals surface area contributed by atoms with Gasteiger partial charge < -0.3 is 15.7 Å². The van der Waals surface area contributed by atoms with Crippen LogP contribution >= 0.6 is 0 Å². The van der Waals surface area contributed by atoms with Gasteiger partial charge in [-0.15, -0.1) is 0 Å². The summed E-state index contributed by atoms with van der Waals surface area (Å²) >= 11 is 0. The van der Waals surface area contributed by atoms with Crippen LogP contribution in [0, 0.1) is 0 Å².